The van der Waals surface area contributed by atoms with Crippen LogP contribution in [0.5, 0.6) is 0 Å². The van der Waals surface area contributed by atoms with Crippen LogP contribution in [0.15, 0.2) is 0 Å². The zero-order valence-corrected chi connectivity index (χ0v) is 13.4. The summed E-state index contributed by atoms with van der Waals surface area (Å²) in [7, 11) is 0. The molecule has 10 atom stereocenters. The number of carbonyl (C=O) groups is 4. The third kappa shape index (κ3) is 1.40. The maximum absolute atomic E-state index is 12.3. The Morgan fingerprint density at radius 3 is 1.79 bits per heavy atom. The fourth-order valence-corrected chi connectivity index (χ4v) is 8.01. The third-order valence-electron chi connectivity index (χ3n) is 8.50. The average Bonchev–Trinajstić information content (AvgIpc) is 3.31. The molecule has 6 aliphatic rings. The first-order valence-corrected chi connectivity index (χ1v) is 9.35. The predicted molar refractivity (Wildman–Crippen MR) is 79.1 cm³/mol. The molecule has 10 unspecified atom stereocenters. The van der Waals surface area contributed by atoms with Crippen molar-refractivity contribution in [2.24, 2.45) is 59.2 Å². The van der Waals surface area contributed by atoms with Gasteiger partial charge in [-0.05, 0) is 61.2 Å². The van der Waals surface area contributed by atoms with Crippen LogP contribution in [0.25, 0.3) is 0 Å². The summed E-state index contributed by atoms with van der Waals surface area (Å²) in [5.41, 5.74) is 0. The molecule has 1 aliphatic heterocycles. The second-order valence-electron chi connectivity index (χ2n) is 9.07. The Labute approximate surface area is 139 Å². The Morgan fingerprint density at radius 2 is 1.08 bits per heavy atom. The average molecular weight is 328 g/mol. The van der Waals surface area contributed by atoms with E-state index in [4.69, 9.17) is 4.74 Å². The van der Waals surface area contributed by atoms with Gasteiger partial charge in [-0.1, -0.05) is 0 Å². The summed E-state index contributed by atoms with van der Waals surface area (Å²) in [6.07, 6.45) is 4.18. The summed E-state index contributed by atoms with van der Waals surface area (Å²) in [4.78, 5) is 48.5. The van der Waals surface area contributed by atoms with Crippen molar-refractivity contribution in [3.05, 3.63) is 0 Å². The van der Waals surface area contributed by atoms with Crippen LogP contribution in [0, 0.1) is 59.2 Å². The van der Waals surface area contributed by atoms with Gasteiger partial charge in [-0.15, -0.1) is 0 Å². The van der Waals surface area contributed by atoms with E-state index in [1.165, 1.54) is 0 Å². The molecule has 0 N–H and O–H groups in total. The number of hydrogen-bond donors (Lipinski definition) is 0. The highest BCUT2D eigenvalue weighted by Gasteiger charge is 2.68. The fourth-order valence-electron chi connectivity index (χ4n) is 8.01. The lowest BCUT2D eigenvalue weighted by Gasteiger charge is -2.39. The fraction of sp³-hybridized carbons (Fsp3) is 0.789. The summed E-state index contributed by atoms with van der Waals surface area (Å²) in [6, 6.07) is 0. The molecule has 126 valence electrons. The Balaban J connectivity index is 1.30. The molecule has 6 fully saturated rings. The predicted octanol–water partition coefficient (Wildman–Crippen LogP) is 1.39. The summed E-state index contributed by atoms with van der Waals surface area (Å²) < 4.78 is 4.91. The minimum Gasteiger partial charge on any atom is -0.393 e. The van der Waals surface area contributed by atoms with Crippen molar-refractivity contribution >= 4 is 23.5 Å². The lowest BCUT2D eigenvalue weighted by atomic mass is 9.63. The van der Waals surface area contributed by atoms with Gasteiger partial charge in [0.15, 0.2) is 0 Å². The molecule has 0 radical (unpaired) electrons. The monoisotopic (exact) mass is 328 g/mol. The summed E-state index contributed by atoms with van der Waals surface area (Å²) in [6.45, 7) is 0. The van der Waals surface area contributed by atoms with Gasteiger partial charge in [0.05, 0.1) is 18.3 Å². The van der Waals surface area contributed by atoms with Crippen molar-refractivity contribution in [1.29, 1.82) is 0 Å². The lowest BCUT2D eigenvalue weighted by molar-refractivity contribution is -0.155. The van der Waals surface area contributed by atoms with Gasteiger partial charge in [0.1, 0.15) is 11.6 Å². The van der Waals surface area contributed by atoms with E-state index in [2.05, 4.69) is 0 Å². The summed E-state index contributed by atoms with van der Waals surface area (Å²) in [5.74, 6) is 1.45. The molecule has 4 bridgehead atoms. The second kappa shape index (κ2) is 4.17. The van der Waals surface area contributed by atoms with Crippen molar-refractivity contribution in [2.45, 2.75) is 32.1 Å². The molecule has 5 saturated carbocycles. The minimum absolute atomic E-state index is 0.00288. The Morgan fingerprint density at radius 1 is 0.583 bits per heavy atom. The van der Waals surface area contributed by atoms with E-state index in [-0.39, 0.29) is 59.5 Å². The van der Waals surface area contributed by atoms with Crippen LogP contribution < -0.4 is 0 Å². The molecule has 0 aromatic heterocycles. The first-order valence-electron chi connectivity index (χ1n) is 9.35. The van der Waals surface area contributed by atoms with E-state index < -0.39 is 0 Å². The van der Waals surface area contributed by atoms with Crippen molar-refractivity contribution in [3.63, 3.8) is 0 Å². The van der Waals surface area contributed by atoms with E-state index in [9.17, 15) is 19.2 Å². The second-order valence-corrected chi connectivity index (χ2v) is 9.07. The number of fused-ring (bicyclic) bond motifs is 10. The molecule has 0 aromatic rings. The van der Waals surface area contributed by atoms with Crippen molar-refractivity contribution in [3.8, 4) is 0 Å². The highest BCUT2D eigenvalue weighted by molar-refractivity contribution is 6.09. The molecule has 5 aliphatic carbocycles. The molecular formula is C19H20O5. The van der Waals surface area contributed by atoms with Crippen LogP contribution >= 0.6 is 0 Å². The number of Topliss-reactive ketones (excluding diaryl/α,β-unsaturated/α-hetero) is 2. The van der Waals surface area contributed by atoms with Gasteiger partial charge in [-0.2, -0.15) is 0 Å². The highest BCUT2D eigenvalue weighted by Crippen LogP contribution is 2.67. The van der Waals surface area contributed by atoms with Crippen LogP contribution in [0.2, 0.25) is 0 Å². The van der Waals surface area contributed by atoms with E-state index in [0.717, 1.165) is 25.7 Å². The van der Waals surface area contributed by atoms with Gasteiger partial charge < -0.3 is 4.74 Å². The Hall–Kier alpha value is -1.52. The Kier molecular flexibility index (Phi) is 2.39. The number of cyclic esters (lactones) is 2. The van der Waals surface area contributed by atoms with Crippen LogP contribution in [0.3, 0.4) is 0 Å². The number of carbonyl (C=O) groups excluding carboxylic acids is 4. The smallest absolute Gasteiger partial charge is 0.317 e. The van der Waals surface area contributed by atoms with Crippen molar-refractivity contribution in [1.82, 2.24) is 0 Å². The van der Waals surface area contributed by atoms with E-state index in [1.807, 2.05) is 0 Å². The maximum Gasteiger partial charge on any atom is 0.317 e. The van der Waals surface area contributed by atoms with Gasteiger partial charge in [-0.3, -0.25) is 19.2 Å². The SMILES string of the molecule is O=C1CC(=O)C2C3CC(CC3C3CC4CC3C3C(=O)OC(=O)C43)C12. The largest absolute Gasteiger partial charge is 0.393 e. The summed E-state index contributed by atoms with van der Waals surface area (Å²) >= 11 is 0. The van der Waals surface area contributed by atoms with Crippen LogP contribution in [0.4, 0.5) is 0 Å². The van der Waals surface area contributed by atoms with E-state index >= 15 is 0 Å². The number of ketones is 2. The third-order valence-corrected chi connectivity index (χ3v) is 8.50. The van der Waals surface area contributed by atoms with Gasteiger partial charge >= 0.3 is 11.9 Å². The Bertz CT molecular complexity index is 651. The first kappa shape index (κ1) is 13.7. The number of rotatable bonds is 1. The van der Waals surface area contributed by atoms with E-state index in [0.29, 0.717) is 29.6 Å². The van der Waals surface area contributed by atoms with Gasteiger partial charge in [0.25, 0.3) is 0 Å². The molecule has 0 spiro atoms. The van der Waals surface area contributed by atoms with Crippen LogP contribution in [-0.4, -0.2) is 23.5 Å². The zero-order chi connectivity index (χ0) is 16.3. The molecular weight excluding hydrogens is 308 g/mol. The van der Waals surface area contributed by atoms with Gasteiger partial charge in [-0.25, -0.2) is 0 Å². The molecule has 1 heterocycles. The van der Waals surface area contributed by atoms with Crippen molar-refractivity contribution < 1.29 is 23.9 Å². The topological polar surface area (TPSA) is 77.5 Å². The number of esters is 2. The number of ether oxygens (including phenoxy) is 1. The highest BCUT2D eigenvalue weighted by atomic mass is 16.6. The number of hydrogen-bond acceptors (Lipinski definition) is 5. The summed E-state index contributed by atoms with van der Waals surface area (Å²) in [5, 5.41) is 0. The maximum atomic E-state index is 12.3. The normalized spacial score (nSPS) is 57.0. The molecule has 6 rings (SSSR count). The van der Waals surface area contributed by atoms with Crippen LogP contribution in [-0.2, 0) is 23.9 Å². The molecule has 5 nitrogen and oxygen atoms in total. The molecule has 0 amide bonds. The standard InChI is InChI=1S/C19H20O5/c20-12-5-13(21)16-10-3-6(14(12)16)1-8(10)9-2-7-4-11(9)17-15(7)18(22)24-19(17)23/h6-11,14-17H,1-5H2. The van der Waals surface area contributed by atoms with Gasteiger partial charge in [0.2, 0.25) is 0 Å². The first-order chi connectivity index (χ1) is 11.5. The lowest BCUT2D eigenvalue weighted by Crippen LogP contribution is -2.39. The van der Waals surface area contributed by atoms with Crippen molar-refractivity contribution in [2.75, 3.05) is 0 Å². The molecule has 24 heavy (non-hydrogen) atoms. The zero-order valence-electron chi connectivity index (χ0n) is 13.4. The quantitative estimate of drug-likeness (QED) is 0.537. The minimum atomic E-state index is -0.310. The molecule has 5 heteroatoms. The van der Waals surface area contributed by atoms with Gasteiger partial charge in [0, 0.05) is 11.8 Å². The van der Waals surface area contributed by atoms with Crippen LogP contribution in [0.1, 0.15) is 32.1 Å². The van der Waals surface area contributed by atoms with E-state index in [1.54, 1.807) is 0 Å². The molecule has 1 saturated heterocycles. The molecule has 0 aromatic carbocycles.